The topological polar surface area (TPSA) is 78.8 Å². The zero-order chi connectivity index (χ0) is 24.4. The Kier molecular flexibility index (Phi) is 5.87. The molecule has 5 aliphatic rings. The number of fused-ring (bicyclic) bond motifs is 4. The molecule has 5 nitrogen and oxygen atoms in total. The molecule has 0 heterocycles. The van der Waals surface area contributed by atoms with Crippen molar-refractivity contribution in [2.24, 2.45) is 45.5 Å². The predicted molar refractivity (Wildman–Crippen MR) is 138 cm³/mol. The monoisotopic (exact) mass is 498 g/mol. The van der Waals surface area contributed by atoms with Gasteiger partial charge in [-0.1, -0.05) is 24.6 Å². The van der Waals surface area contributed by atoms with Crippen molar-refractivity contribution in [1.82, 2.24) is 4.83 Å². The number of hydrogen-bond donors (Lipinski definition) is 2. The van der Waals surface area contributed by atoms with E-state index in [2.05, 4.69) is 16.9 Å². The molecule has 0 saturated heterocycles. The number of nitrogens with one attached hydrogen (secondary N) is 1. The van der Waals surface area contributed by atoms with E-state index in [0.29, 0.717) is 22.7 Å². The lowest BCUT2D eigenvalue weighted by Crippen LogP contribution is -2.55. The molecule has 1 aromatic rings. The van der Waals surface area contributed by atoms with Gasteiger partial charge in [-0.15, -0.1) is 0 Å². The van der Waals surface area contributed by atoms with E-state index in [-0.39, 0.29) is 11.0 Å². The smallest absolute Gasteiger partial charge is 0.276 e. The van der Waals surface area contributed by atoms with Crippen LogP contribution in [0.25, 0.3) is 0 Å². The third-order valence-corrected chi connectivity index (χ3v) is 12.7. The van der Waals surface area contributed by atoms with Crippen LogP contribution >= 0.6 is 0 Å². The molecular formula is C29H42N2O3S. The average Bonchev–Trinajstić information content (AvgIpc) is 3.24. The zero-order valence-corrected chi connectivity index (χ0v) is 22.2. The van der Waals surface area contributed by atoms with Gasteiger partial charge in [-0.25, -0.2) is 4.83 Å². The van der Waals surface area contributed by atoms with Crippen LogP contribution in [0.2, 0.25) is 0 Å². The average molecular weight is 499 g/mol. The Labute approximate surface area is 211 Å². The molecule has 5 fully saturated rings. The number of rotatable bonds is 3. The molecule has 0 bridgehead atoms. The van der Waals surface area contributed by atoms with Crippen molar-refractivity contribution in [3.05, 3.63) is 29.8 Å². The summed E-state index contributed by atoms with van der Waals surface area (Å²) in [7, 11) is -3.64. The number of aliphatic hydroxyl groups excluding tert-OH is 1. The molecule has 2 N–H and O–H groups in total. The summed E-state index contributed by atoms with van der Waals surface area (Å²) < 4.78 is 25.8. The Morgan fingerprint density at radius 3 is 2.57 bits per heavy atom. The molecule has 0 radical (unpaired) electrons. The summed E-state index contributed by atoms with van der Waals surface area (Å²) in [5, 5.41) is 14.9. The number of nitrogens with zero attached hydrogens (tertiary/aromatic N) is 1. The number of aliphatic hydroxyl groups is 1. The minimum atomic E-state index is -3.64. The van der Waals surface area contributed by atoms with Gasteiger partial charge in [0.15, 0.2) is 0 Å². The van der Waals surface area contributed by atoms with Crippen molar-refractivity contribution >= 4 is 15.7 Å². The lowest BCUT2D eigenvalue weighted by molar-refractivity contribution is -0.130. The van der Waals surface area contributed by atoms with Crippen molar-refractivity contribution in [2.75, 3.05) is 0 Å². The molecule has 5 saturated carbocycles. The number of hydrazone groups is 1. The van der Waals surface area contributed by atoms with Crippen LogP contribution < -0.4 is 4.83 Å². The fraction of sp³-hybridized carbons (Fsp3) is 0.759. The maximum Gasteiger partial charge on any atom is 0.276 e. The third kappa shape index (κ3) is 3.80. The second-order valence-corrected chi connectivity index (χ2v) is 14.5. The van der Waals surface area contributed by atoms with Crippen LogP contribution in [0.3, 0.4) is 0 Å². The van der Waals surface area contributed by atoms with E-state index in [1.165, 1.54) is 44.9 Å². The van der Waals surface area contributed by atoms with Crippen molar-refractivity contribution in [1.29, 1.82) is 0 Å². The molecule has 8 atom stereocenters. The van der Waals surface area contributed by atoms with Crippen LogP contribution in [0.1, 0.15) is 89.5 Å². The first-order valence-corrected chi connectivity index (χ1v) is 15.5. The largest absolute Gasteiger partial charge is 0.393 e. The van der Waals surface area contributed by atoms with Gasteiger partial charge in [-0.2, -0.15) is 13.5 Å². The van der Waals surface area contributed by atoms with Crippen molar-refractivity contribution in [3.63, 3.8) is 0 Å². The van der Waals surface area contributed by atoms with Gasteiger partial charge in [0.1, 0.15) is 0 Å². The Morgan fingerprint density at radius 1 is 0.971 bits per heavy atom. The second kappa shape index (κ2) is 8.58. The van der Waals surface area contributed by atoms with Crippen LogP contribution in [0.5, 0.6) is 0 Å². The van der Waals surface area contributed by atoms with Crippen molar-refractivity contribution in [3.8, 4) is 0 Å². The first-order chi connectivity index (χ1) is 16.7. The van der Waals surface area contributed by atoms with Crippen LogP contribution in [-0.2, 0) is 10.0 Å². The van der Waals surface area contributed by atoms with E-state index in [0.717, 1.165) is 61.1 Å². The van der Waals surface area contributed by atoms with E-state index in [9.17, 15) is 13.5 Å². The van der Waals surface area contributed by atoms with Crippen molar-refractivity contribution < 1.29 is 13.5 Å². The van der Waals surface area contributed by atoms with Crippen LogP contribution in [-0.4, -0.2) is 25.3 Å². The molecule has 6 heteroatoms. The van der Waals surface area contributed by atoms with Gasteiger partial charge in [-0.05, 0) is 131 Å². The normalized spacial score (nSPS) is 44.1. The first-order valence-electron chi connectivity index (χ1n) is 14.1. The van der Waals surface area contributed by atoms with E-state index < -0.39 is 10.0 Å². The van der Waals surface area contributed by atoms with Crippen LogP contribution in [0.15, 0.2) is 34.3 Å². The van der Waals surface area contributed by atoms with Gasteiger partial charge in [0.25, 0.3) is 10.0 Å². The summed E-state index contributed by atoms with van der Waals surface area (Å²) in [4.78, 5) is 2.89. The number of aryl methyl sites for hydroxylation is 1. The summed E-state index contributed by atoms with van der Waals surface area (Å²) in [5.41, 5.74) is 2.88. The SMILES string of the molecule is Cc1ccc(S(=O)(=O)N/N=C2\CCC[C@]34CC[C@H]5[C@@H](CC[C@H]6C[C@H](O)CC[C@@]65C)[C@@H]3CC[C@H]24)cc1. The summed E-state index contributed by atoms with van der Waals surface area (Å²) in [6, 6.07) is 6.99. The summed E-state index contributed by atoms with van der Waals surface area (Å²) in [6.45, 7) is 4.51. The van der Waals surface area contributed by atoms with Gasteiger partial charge in [0.2, 0.25) is 0 Å². The lowest BCUT2D eigenvalue weighted by atomic mass is 9.43. The first kappa shape index (κ1) is 24.0. The van der Waals surface area contributed by atoms with Crippen molar-refractivity contribution in [2.45, 2.75) is 102 Å². The highest BCUT2D eigenvalue weighted by molar-refractivity contribution is 7.89. The quantitative estimate of drug-likeness (QED) is 0.516. The predicted octanol–water partition coefficient (Wildman–Crippen LogP) is 5.81. The Balaban J connectivity index is 1.23. The highest BCUT2D eigenvalue weighted by Crippen LogP contribution is 2.69. The van der Waals surface area contributed by atoms with Crippen LogP contribution in [0.4, 0.5) is 0 Å². The summed E-state index contributed by atoms with van der Waals surface area (Å²) in [5.74, 6) is 3.48. The Bertz CT molecular complexity index is 1100. The maximum absolute atomic E-state index is 12.9. The van der Waals surface area contributed by atoms with Gasteiger partial charge in [0.05, 0.1) is 11.0 Å². The standard InChI is InChI=1S/C29H42N2O3S/c1-19-5-8-22(9-6-19)35(33,34)31-30-27-4-3-15-29-17-14-24-23(25(29)11-12-26(27)29)10-7-20-18-21(32)13-16-28(20,24)2/h5-6,8-9,20-21,23-26,31-32H,3-4,7,10-18H2,1-2H3/b30-27+/t20-,21+,23+,24-,25-,26+,28-,29-/m0/s1. The van der Waals surface area contributed by atoms with Gasteiger partial charge < -0.3 is 5.11 Å². The third-order valence-electron chi connectivity index (χ3n) is 11.5. The number of hydrogen-bond acceptors (Lipinski definition) is 4. The fourth-order valence-electron chi connectivity index (χ4n) is 9.82. The summed E-state index contributed by atoms with van der Waals surface area (Å²) in [6.07, 6.45) is 14.1. The molecule has 0 aromatic heterocycles. The molecule has 192 valence electrons. The van der Waals surface area contributed by atoms with Gasteiger partial charge >= 0.3 is 0 Å². The van der Waals surface area contributed by atoms with E-state index in [4.69, 9.17) is 0 Å². The highest BCUT2D eigenvalue weighted by Gasteiger charge is 2.62. The molecule has 0 aliphatic heterocycles. The Hall–Kier alpha value is -1.40. The second-order valence-electron chi connectivity index (χ2n) is 12.9. The molecule has 0 unspecified atom stereocenters. The molecule has 0 amide bonds. The molecule has 1 spiro atoms. The minimum absolute atomic E-state index is 0.0868. The molecule has 5 aliphatic carbocycles. The summed E-state index contributed by atoms with van der Waals surface area (Å²) >= 11 is 0. The van der Waals surface area contributed by atoms with E-state index in [1.807, 2.05) is 19.1 Å². The highest BCUT2D eigenvalue weighted by atomic mass is 32.2. The molecular weight excluding hydrogens is 456 g/mol. The number of benzene rings is 1. The molecule has 6 rings (SSSR count). The molecule has 35 heavy (non-hydrogen) atoms. The fourth-order valence-corrected chi connectivity index (χ4v) is 10.7. The lowest BCUT2D eigenvalue weighted by Gasteiger charge is -2.62. The molecule has 1 aromatic carbocycles. The van der Waals surface area contributed by atoms with Gasteiger partial charge in [-0.3, -0.25) is 0 Å². The van der Waals surface area contributed by atoms with E-state index >= 15 is 0 Å². The maximum atomic E-state index is 12.9. The van der Waals surface area contributed by atoms with Crippen LogP contribution in [0, 0.1) is 47.3 Å². The number of sulfonamides is 1. The minimum Gasteiger partial charge on any atom is -0.393 e. The van der Waals surface area contributed by atoms with E-state index in [1.54, 1.807) is 12.1 Å². The zero-order valence-electron chi connectivity index (χ0n) is 21.4. The van der Waals surface area contributed by atoms with Gasteiger partial charge in [0, 0.05) is 11.6 Å². The Morgan fingerprint density at radius 2 is 1.77 bits per heavy atom.